The number of benzene rings is 2. The Morgan fingerprint density at radius 1 is 1.09 bits per heavy atom. The van der Waals surface area contributed by atoms with Crippen molar-refractivity contribution in [1.82, 2.24) is 9.91 Å². The molecule has 2 aromatic carbocycles. The molecular weight excluding hydrogens is 425 g/mol. The zero-order valence-corrected chi connectivity index (χ0v) is 18.7. The van der Waals surface area contributed by atoms with Crippen molar-refractivity contribution in [3.63, 3.8) is 0 Å². The molecule has 1 spiro atoms. The van der Waals surface area contributed by atoms with Crippen LogP contribution in [-0.4, -0.2) is 67.3 Å². The average molecular weight is 454 g/mol. The van der Waals surface area contributed by atoms with Crippen LogP contribution in [0.5, 0.6) is 5.75 Å². The molecule has 2 saturated heterocycles. The number of amides is 1. The highest BCUT2D eigenvalue weighted by Gasteiger charge is 2.41. The number of halogens is 1. The van der Waals surface area contributed by atoms with Gasteiger partial charge in [0.15, 0.2) is 5.79 Å². The lowest BCUT2D eigenvalue weighted by Gasteiger charge is -2.37. The first-order chi connectivity index (χ1) is 16.0. The van der Waals surface area contributed by atoms with Crippen LogP contribution >= 0.6 is 0 Å². The molecule has 0 radical (unpaired) electrons. The molecule has 2 aromatic rings. The minimum Gasteiger partial charge on any atom is -0.497 e. The standard InChI is InChI=1S/C25H28FN3O4/c1-31-21-8-4-18(5-9-21)22-16-23(19-2-6-20(26)7-3-19)29(27-22)24(30)17-28-12-10-25(11-13-28)32-14-15-33-25/h2-9,23H,10-17H2,1H3/t23-/m0/s1. The summed E-state index contributed by atoms with van der Waals surface area (Å²) in [7, 11) is 1.63. The summed E-state index contributed by atoms with van der Waals surface area (Å²) < 4.78 is 30.4. The topological polar surface area (TPSA) is 63.6 Å². The third-order valence-corrected chi connectivity index (χ3v) is 6.63. The minimum atomic E-state index is -0.469. The van der Waals surface area contributed by atoms with E-state index in [1.165, 1.54) is 12.1 Å². The maximum absolute atomic E-state index is 13.5. The number of hydrazone groups is 1. The predicted molar refractivity (Wildman–Crippen MR) is 120 cm³/mol. The third-order valence-electron chi connectivity index (χ3n) is 6.63. The zero-order valence-electron chi connectivity index (χ0n) is 18.7. The van der Waals surface area contributed by atoms with Crippen molar-refractivity contribution in [1.29, 1.82) is 0 Å². The van der Waals surface area contributed by atoms with Crippen molar-refractivity contribution in [3.05, 3.63) is 65.5 Å². The predicted octanol–water partition coefficient (Wildman–Crippen LogP) is 3.35. The van der Waals surface area contributed by atoms with E-state index in [1.807, 2.05) is 24.3 Å². The maximum atomic E-state index is 13.5. The van der Waals surface area contributed by atoms with Gasteiger partial charge in [-0.05, 0) is 47.5 Å². The van der Waals surface area contributed by atoms with Crippen LogP contribution < -0.4 is 4.74 Å². The molecule has 0 aliphatic carbocycles. The van der Waals surface area contributed by atoms with Gasteiger partial charge in [-0.15, -0.1) is 0 Å². The number of hydrogen-bond acceptors (Lipinski definition) is 6. The molecule has 7 nitrogen and oxygen atoms in total. The number of methoxy groups -OCH3 is 1. The van der Waals surface area contributed by atoms with Gasteiger partial charge in [-0.25, -0.2) is 9.40 Å². The quantitative estimate of drug-likeness (QED) is 0.695. The zero-order chi connectivity index (χ0) is 22.8. The van der Waals surface area contributed by atoms with Gasteiger partial charge in [-0.1, -0.05) is 12.1 Å². The molecule has 1 amide bonds. The maximum Gasteiger partial charge on any atom is 0.257 e. The molecular formula is C25H28FN3O4. The van der Waals surface area contributed by atoms with Gasteiger partial charge in [0.1, 0.15) is 11.6 Å². The Morgan fingerprint density at radius 3 is 2.39 bits per heavy atom. The lowest BCUT2D eigenvalue weighted by Crippen LogP contribution is -2.48. The second kappa shape index (κ2) is 9.21. The molecule has 33 heavy (non-hydrogen) atoms. The van der Waals surface area contributed by atoms with Gasteiger partial charge in [-0.2, -0.15) is 5.10 Å². The Labute approximate surface area is 192 Å². The summed E-state index contributed by atoms with van der Waals surface area (Å²) in [6.45, 7) is 3.00. The normalized spacial score (nSPS) is 22.5. The molecule has 0 saturated carbocycles. The first-order valence-corrected chi connectivity index (χ1v) is 11.3. The Bertz CT molecular complexity index is 1010. The van der Waals surface area contributed by atoms with Crippen LogP contribution in [0.2, 0.25) is 0 Å². The largest absolute Gasteiger partial charge is 0.497 e. The van der Waals surface area contributed by atoms with Gasteiger partial charge in [0.25, 0.3) is 5.91 Å². The molecule has 0 aromatic heterocycles. The van der Waals surface area contributed by atoms with E-state index in [9.17, 15) is 9.18 Å². The molecule has 3 aliphatic heterocycles. The molecule has 2 fully saturated rings. The van der Waals surface area contributed by atoms with Crippen molar-refractivity contribution in [2.24, 2.45) is 5.10 Å². The monoisotopic (exact) mass is 453 g/mol. The third kappa shape index (κ3) is 4.64. The summed E-state index contributed by atoms with van der Waals surface area (Å²) in [6.07, 6.45) is 2.07. The smallest absolute Gasteiger partial charge is 0.257 e. The fraction of sp³-hybridized carbons (Fsp3) is 0.440. The summed E-state index contributed by atoms with van der Waals surface area (Å²) in [5, 5.41) is 6.29. The van der Waals surface area contributed by atoms with Crippen LogP contribution in [0.15, 0.2) is 53.6 Å². The second-order valence-corrected chi connectivity index (χ2v) is 8.67. The Balaban J connectivity index is 1.33. The molecule has 8 heteroatoms. The van der Waals surface area contributed by atoms with Crippen LogP contribution in [0.3, 0.4) is 0 Å². The van der Waals surface area contributed by atoms with Gasteiger partial charge >= 0.3 is 0 Å². The van der Waals surface area contributed by atoms with Crippen molar-refractivity contribution in [3.8, 4) is 5.75 Å². The number of ether oxygens (including phenoxy) is 3. The summed E-state index contributed by atoms with van der Waals surface area (Å²) >= 11 is 0. The molecule has 3 aliphatic rings. The van der Waals surface area contributed by atoms with Crippen molar-refractivity contribution >= 4 is 11.6 Å². The second-order valence-electron chi connectivity index (χ2n) is 8.67. The number of hydrogen-bond donors (Lipinski definition) is 0. The van der Waals surface area contributed by atoms with Gasteiger partial charge in [0, 0.05) is 32.4 Å². The van der Waals surface area contributed by atoms with Gasteiger partial charge < -0.3 is 14.2 Å². The van der Waals surface area contributed by atoms with Crippen molar-refractivity contribution in [2.75, 3.05) is 40.0 Å². The molecule has 174 valence electrons. The van der Waals surface area contributed by atoms with E-state index in [4.69, 9.17) is 19.3 Å². The van der Waals surface area contributed by atoms with E-state index >= 15 is 0 Å². The molecule has 1 atom stereocenters. The van der Waals surface area contributed by atoms with E-state index in [2.05, 4.69) is 4.90 Å². The van der Waals surface area contributed by atoms with E-state index in [-0.39, 0.29) is 24.3 Å². The summed E-state index contributed by atoms with van der Waals surface area (Å²) in [4.78, 5) is 15.5. The number of likely N-dealkylation sites (tertiary alicyclic amines) is 1. The summed E-state index contributed by atoms with van der Waals surface area (Å²) in [6, 6.07) is 13.7. The number of nitrogens with zero attached hydrogens (tertiary/aromatic N) is 3. The summed E-state index contributed by atoms with van der Waals surface area (Å²) in [5.74, 6) is -0.0798. The van der Waals surface area contributed by atoms with Crippen LogP contribution in [0.4, 0.5) is 4.39 Å². The van der Waals surface area contributed by atoms with Crippen molar-refractivity contribution < 1.29 is 23.4 Å². The fourth-order valence-electron chi connectivity index (χ4n) is 4.74. The van der Waals surface area contributed by atoms with Crippen LogP contribution in [0.1, 0.15) is 36.4 Å². The molecule has 5 rings (SSSR count). The van der Waals surface area contributed by atoms with Crippen LogP contribution in [0.25, 0.3) is 0 Å². The number of piperidine rings is 1. The van der Waals surface area contributed by atoms with E-state index in [0.717, 1.165) is 48.5 Å². The fourth-order valence-corrected chi connectivity index (χ4v) is 4.74. The molecule has 3 heterocycles. The first kappa shape index (κ1) is 22.0. The minimum absolute atomic E-state index is 0.0722. The lowest BCUT2D eigenvalue weighted by atomic mass is 9.98. The number of carbonyl (C=O) groups is 1. The molecule has 0 N–H and O–H groups in total. The Hall–Kier alpha value is -2.81. The Morgan fingerprint density at radius 2 is 1.76 bits per heavy atom. The first-order valence-electron chi connectivity index (χ1n) is 11.3. The lowest BCUT2D eigenvalue weighted by molar-refractivity contribution is -0.186. The van der Waals surface area contributed by atoms with E-state index in [0.29, 0.717) is 19.6 Å². The summed E-state index contributed by atoms with van der Waals surface area (Å²) in [5.41, 5.74) is 2.63. The van der Waals surface area contributed by atoms with E-state index in [1.54, 1.807) is 24.3 Å². The highest BCUT2D eigenvalue weighted by atomic mass is 19.1. The van der Waals surface area contributed by atoms with Gasteiger partial charge in [-0.3, -0.25) is 9.69 Å². The van der Waals surface area contributed by atoms with Crippen LogP contribution in [0, 0.1) is 5.82 Å². The van der Waals surface area contributed by atoms with Crippen molar-refractivity contribution in [2.45, 2.75) is 31.1 Å². The molecule has 0 bridgehead atoms. The Kier molecular flexibility index (Phi) is 6.14. The molecule has 0 unspecified atom stereocenters. The highest BCUT2D eigenvalue weighted by Crippen LogP contribution is 2.34. The number of carbonyl (C=O) groups excluding carboxylic acids is 1. The SMILES string of the molecule is COc1ccc(C2=NN(C(=O)CN3CCC4(CC3)OCCO4)[C@H](c3ccc(F)cc3)C2)cc1. The van der Waals surface area contributed by atoms with E-state index < -0.39 is 5.79 Å². The average Bonchev–Trinajstić information content (AvgIpc) is 3.49. The van der Waals surface area contributed by atoms with Crippen LogP contribution in [-0.2, 0) is 14.3 Å². The van der Waals surface area contributed by atoms with Gasteiger partial charge in [0.05, 0.1) is 38.6 Å². The number of rotatable bonds is 5. The van der Waals surface area contributed by atoms with Gasteiger partial charge in [0.2, 0.25) is 0 Å². The highest BCUT2D eigenvalue weighted by molar-refractivity contribution is 6.03.